The molecule has 92 valence electrons. The van der Waals surface area contributed by atoms with E-state index in [1.165, 1.54) is 0 Å². The number of benzene rings is 1. The molecule has 0 unspecified atom stereocenters. The van der Waals surface area contributed by atoms with Crippen molar-refractivity contribution >= 4 is 23.2 Å². The summed E-state index contributed by atoms with van der Waals surface area (Å²) < 4.78 is 5.64. The van der Waals surface area contributed by atoms with Gasteiger partial charge in [-0.3, -0.25) is 0 Å². The van der Waals surface area contributed by atoms with Gasteiger partial charge in [-0.25, -0.2) is 0 Å². The van der Waals surface area contributed by atoms with Gasteiger partial charge in [0, 0.05) is 23.6 Å². The fourth-order valence-electron chi connectivity index (χ4n) is 1.43. The molecule has 0 heterocycles. The molecule has 0 atom stereocenters. The van der Waals surface area contributed by atoms with Gasteiger partial charge in [0.05, 0.1) is 11.6 Å². The van der Waals surface area contributed by atoms with Crippen LogP contribution in [0.5, 0.6) is 5.75 Å². The molecule has 0 bridgehead atoms. The molecule has 1 N–H and O–H groups in total. The van der Waals surface area contributed by atoms with Crippen molar-refractivity contribution in [3.8, 4) is 17.6 Å². The Balaban J connectivity index is 2.82. The maximum atomic E-state index is 6.11. The van der Waals surface area contributed by atoms with E-state index in [1.54, 1.807) is 6.07 Å². The standard InChI is InChI=1S/C13H15Cl2NO/c1-3-4-5-6-17-13-10(9-16-2)7-11(14)8-12(13)15/h7-8,16H,5-6,9H2,1-2H3. The number of ether oxygens (including phenoxy) is 1. The topological polar surface area (TPSA) is 21.3 Å². The second-order valence-corrected chi connectivity index (χ2v) is 4.28. The van der Waals surface area contributed by atoms with E-state index in [0.29, 0.717) is 35.4 Å². The highest BCUT2D eigenvalue weighted by Gasteiger charge is 2.09. The maximum Gasteiger partial charge on any atom is 0.142 e. The summed E-state index contributed by atoms with van der Waals surface area (Å²) in [5.74, 6) is 6.45. The molecule has 0 radical (unpaired) electrons. The molecule has 0 amide bonds. The average molecular weight is 272 g/mol. The minimum Gasteiger partial charge on any atom is -0.491 e. The van der Waals surface area contributed by atoms with Gasteiger partial charge in [-0.2, -0.15) is 0 Å². The Hall–Kier alpha value is -0.880. The second kappa shape index (κ2) is 7.45. The maximum absolute atomic E-state index is 6.11. The summed E-state index contributed by atoms with van der Waals surface area (Å²) in [7, 11) is 1.86. The highest BCUT2D eigenvalue weighted by Crippen LogP contribution is 2.32. The van der Waals surface area contributed by atoms with Gasteiger partial charge in [0.1, 0.15) is 5.75 Å². The van der Waals surface area contributed by atoms with Crippen LogP contribution in [0.1, 0.15) is 18.9 Å². The molecule has 1 aromatic rings. The van der Waals surface area contributed by atoms with Gasteiger partial charge in [0.25, 0.3) is 0 Å². The molecule has 0 fully saturated rings. The smallest absolute Gasteiger partial charge is 0.142 e. The van der Waals surface area contributed by atoms with Crippen LogP contribution < -0.4 is 10.1 Å². The number of hydrogen-bond donors (Lipinski definition) is 1. The van der Waals surface area contributed by atoms with Crippen molar-refractivity contribution < 1.29 is 4.74 Å². The number of hydrogen-bond acceptors (Lipinski definition) is 2. The first-order chi connectivity index (χ1) is 8.19. The van der Waals surface area contributed by atoms with Crippen molar-refractivity contribution in [3.63, 3.8) is 0 Å². The molecule has 0 aliphatic heterocycles. The fourth-order valence-corrected chi connectivity index (χ4v) is 2.02. The summed E-state index contributed by atoms with van der Waals surface area (Å²) in [6.07, 6.45) is 0.689. The summed E-state index contributed by atoms with van der Waals surface area (Å²) in [6, 6.07) is 3.54. The zero-order valence-corrected chi connectivity index (χ0v) is 11.5. The van der Waals surface area contributed by atoms with Crippen LogP contribution in [-0.2, 0) is 6.54 Å². The molecule has 1 rings (SSSR count). The monoisotopic (exact) mass is 271 g/mol. The highest BCUT2D eigenvalue weighted by molar-refractivity contribution is 6.35. The van der Waals surface area contributed by atoms with Gasteiger partial charge >= 0.3 is 0 Å². The van der Waals surface area contributed by atoms with E-state index in [4.69, 9.17) is 27.9 Å². The van der Waals surface area contributed by atoms with Crippen molar-refractivity contribution in [1.29, 1.82) is 0 Å². The Morgan fingerprint density at radius 1 is 1.35 bits per heavy atom. The van der Waals surface area contributed by atoms with E-state index >= 15 is 0 Å². The molecule has 0 aliphatic carbocycles. The summed E-state index contributed by atoms with van der Waals surface area (Å²) in [5, 5.41) is 4.20. The molecule has 17 heavy (non-hydrogen) atoms. The van der Waals surface area contributed by atoms with Gasteiger partial charge in [-0.1, -0.05) is 23.2 Å². The van der Waals surface area contributed by atoms with Crippen LogP contribution in [0.4, 0.5) is 0 Å². The van der Waals surface area contributed by atoms with Crippen LogP contribution in [0, 0.1) is 11.8 Å². The third-order valence-corrected chi connectivity index (χ3v) is 2.60. The van der Waals surface area contributed by atoms with Gasteiger partial charge in [-0.15, -0.1) is 11.8 Å². The van der Waals surface area contributed by atoms with E-state index in [2.05, 4.69) is 17.2 Å². The summed E-state index contributed by atoms with van der Waals surface area (Å²) >= 11 is 12.1. The molecule has 1 aromatic carbocycles. The first-order valence-electron chi connectivity index (χ1n) is 5.34. The summed E-state index contributed by atoms with van der Waals surface area (Å²) in [5.41, 5.74) is 0.953. The lowest BCUT2D eigenvalue weighted by Crippen LogP contribution is -2.08. The summed E-state index contributed by atoms with van der Waals surface area (Å²) in [4.78, 5) is 0. The molecule has 0 spiro atoms. The second-order valence-electron chi connectivity index (χ2n) is 3.43. The first-order valence-corrected chi connectivity index (χ1v) is 6.09. The minimum absolute atomic E-state index is 0.527. The zero-order valence-electron chi connectivity index (χ0n) is 9.94. The Kier molecular flexibility index (Phi) is 6.21. The molecular weight excluding hydrogens is 257 g/mol. The normalized spacial score (nSPS) is 9.65. The van der Waals surface area contributed by atoms with Crippen LogP contribution in [0.2, 0.25) is 10.0 Å². The molecule has 0 saturated heterocycles. The van der Waals surface area contributed by atoms with E-state index in [-0.39, 0.29) is 0 Å². The summed E-state index contributed by atoms with van der Waals surface area (Å²) in [6.45, 7) is 3.00. The zero-order chi connectivity index (χ0) is 12.7. The molecule has 0 aliphatic rings. The van der Waals surface area contributed by atoms with Crippen LogP contribution >= 0.6 is 23.2 Å². The van der Waals surface area contributed by atoms with Gasteiger partial charge in [0.15, 0.2) is 0 Å². The van der Waals surface area contributed by atoms with Crippen molar-refractivity contribution in [2.45, 2.75) is 19.9 Å². The third kappa shape index (κ3) is 4.47. The van der Waals surface area contributed by atoms with Crippen molar-refractivity contribution in [2.24, 2.45) is 0 Å². The number of rotatable bonds is 5. The number of halogens is 2. The van der Waals surface area contributed by atoms with Crippen molar-refractivity contribution in [3.05, 3.63) is 27.7 Å². The van der Waals surface area contributed by atoms with E-state index < -0.39 is 0 Å². The predicted molar refractivity (Wildman–Crippen MR) is 72.8 cm³/mol. The van der Waals surface area contributed by atoms with Crippen LogP contribution in [0.3, 0.4) is 0 Å². The predicted octanol–water partition coefficient (Wildman–Crippen LogP) is 3.51. The Morgan fingerprint density at radius 2 is 2.12 bits per heavy atom. The molecule has 0 saturated carbocycles. The average Bonchev–Trinajstić information content (AvgIpc) is 2.27. The van der Waals surface area contributed by atoms with Crippen molar-refractivity contribution in [2.75, 3.05) is 13.7 Å². The van der Waals surface area contributed by atoms with Gasteiger partial charge in [0.2, 0.25) is 0 Å². The van der Waals surface area contributed by atoms with Crippen LogP contribution in [0.25, 0.3) is 0 Å². The van der Waals surface area contributed by atoms with Crippen LogP contribution in [0.15, 0.2) is 12.1 Å². The lowest BCUT2D eigenvalue weighted by atomic mass is 10.2. The fraction of sp³-hybridized carbons (Fsp3) is 0.385. The molecule has 4 heteroatoms. The highest BCUT2D eigenvalue weighted by atomic mass is 35.5. The van der Waals surface area contributed by atoms with E-state index in [1.807, 2.05) is 20.0 Å². The van der Waals surface area contributed by atoms with Crippen LogP contribution in [-0.4, -0.2) is 13.7 Å². The Labute approximate surface area is 112 Å². The minimum atomic E-state index is 0.527. The largest absolute Gasteiger partial charge is 0.491 e. The quantitative estimate of drug-likeness (QED) is 0.654. The third-order valence-electron chi connectivity index (χ3n) is 2.10. The lowest BCUT2D eigenvalue weighted by Gasteiger charge is -2.12. The van der Waals surface area contributed by atoms with Gasteiger partial charge < -0.3 is 10.1 Å². The lowest BCUT2D eigenvalue weighted by molar-refractivity contribution is 0.323. The Bertz CT molecular complexity index is 435. The van der Waals surface area contributed by atoms with E-state index in [0.717, 1.165) is 5.56 Å². The van der Waals surface area contributed by atoms with Gasteiger partial charge in [-0.05, 0) is 26.1 Å². The molecular formula is C13H15Cl2NO. The number of nitrogens with one attached hydrogen (secondary N) is 1. The Morgan fingerprint density at radius 3 is 2.76 bits per heavy atom. The molecule has 2 nitrogen and oxygen atoms in total. The van der Waals surface area contributed by atoms with Crippen molar-refractivity contribution in [1.82, 2.24) is 5.32 Å². The SMILES string of the molecule is CC#CCCOc1c(Cl)cc(Cl)cc1CNC. The molecule has 0 aromatic heterocycles. The van der Waals surface area contributed by atoms with E-state index in [9.17, 15) is 0 Å². The first kappa shape index (κ1) is 14.2.